The molecule has 1 heterocycles. The highest BCUT2D eigenvalue weighted by atomic mass is 35.5. The first-order valence-corrected chi connectivity index (χ1v) is 12.3. The lowest BCUT2D eigenvalue weighted by Crippen LogP contribution is -2.50. The van der Waals surface area contributed by atoms with E-state index in [1.54, 1.807) is 43.3 Å². The number of benzene rings is 3. The fourth-order valence-corrected chi connectivity index (χ4v) is 4.62. The van der Waals surface area contributed by atoms with Crippen molar-refractivity contribution in [3.8, 4) is 5.75 Å². The van der Waals surface area contributed by atoms with Gasteiger partial charge in [0.25, 0.3) is 5.91 Å². The van der Waals surface area contributed by atoms with Gasteiger partial charge >= 0.3 is 6.03 Å². The molecule has 0 spiro atoms. The molecule has 3 N–H and O–H groups in total. The maximum Gasteiger partial charge on any atom is 0.325 e. The number of aliphatic hydroxyl groups is 1. The van der Waals surface area contributed by atoms with E-state index in [4.69, 9.17) is 21.4 Å². The van der Waals surface area contributed by atoms with E-state index in [1.165, 1.54) is 0 Å². The number of hydrogen-bond donors (Lipinski definition) is 3. The van der Waals surface area contributed by atoms with E-state index in [0.29, 0.717) is 22.0 Å². The van der Waals surface area contributed by atoms with Crippen LogP contribution in [-0.2, 0) is 9.59 Å². The van der Waals surface area contributed by atoms with Crippen LogP contribution in [0.2, 0.25) is 5.02 Å². The Morgan fingerprint density at radius 3 is 2.46 bits per heavy atom. The Kier molecular flexibility index (Phi) is 8.11. The summed E-state index contributed by atoms with van der Waals surface area (Å²) in [6.45, 7) is 3.71. The summed E-state index contributed by atoms with van der Waals surface area (Å²) in [6, 6.07) is 18.4. The number of amides is 4. The third kappa shape index (κ3) is 5.76. The number of imide groups is 1. The SMILES string of the molecule is Cc1ccc(NC(=O)C(C(C)c2ccccc2)N2C(=O)NC(c3ccc(OCCO)cc3)C2=O)c(Cl)c1. The number of carbonyl (C=O) groups excluding carboxylic acids is 3. The molecule has 3 aromatic rings. The fourth-order valence-electron chi connectivity index (χ4n) is 4.34. The van der Waals surface area contributed by atoms with Crippen molar-refractivity contribution < 1.29 is 24.2 Å². The van der Waals surface area contributed by atoms with Gasteiger partial charge in [0.15, 0.2) is 0 Å². The van der Waals surface area contributed by atoms with Crippen LogP contribution in [0.15, 0.2) is 72.8 Å². The summed E-state index contributed by atoms with van der Waals surface area (Å²) in [5.74, 6) is -1.05. The van der Waals surface area contributed by atoms with Crippen LogP contribution in [0.1, 0.15) is 35.6 Å². The van der Waals surface area contributed by atoms with Gasteiger partial charge < -0.3 is 20.5 Å². The lowest BCUT2D eigenvalue weighted by Gasteiger charge is -2.30. The molecule has 4 rings (SSSR count). The van der Waals surface area contributed by atoms with E-state index in [1.807, 2.05) is 43.3 Å². The molecule has 8 nitrogen and oxygen atoms in total. The van der Waals surface area contributed by atoms with E-state index >= 15 is 0 Å². The van der Waals surface area contributed by atoms with E-state index in [2.05, 4.69) is 10.6 Å². The highest BCUT2D eigenvalue weighted by molar-refractivity contribution is 6.33. The summed E-state index contributed by atoms with van der Waals surface area (Å²) in [5, 5.41) is 14.8. The van der Waals surface area contributed by atoms with Gasteiger partial charge in [0.05, 0.1) is 17.3 Å². The molecule has 3 atom stereocenters. The molecule has 192 valence electrons. The van der Waals surface area contributed by atoms with Gasteiger partial charge in [-0.3, -0.25) is 9.59 Å². The fraction of sp³-hybridized carbons (Fsp3) is 0.250. The molecule has 9 heteroatoms. The molecule has 1 aliphatic rings. The summed E-state index contributed by atoms with van der Waals surface area (Å²) < 4.78 is 5.37. The topological polar surface area (TPSA) is 108 Å². The van der Waals surface area contributed by atoms with Crippen molar-refractivity contribution in [1.82, 2.24) is 10.2 Å². The summed E-state index contributed by atoms with van der Waals surface area (Å²) in [5.41, 5.74) is 2.67. The zero-order valence-corrected chi connectivity index (χ0v) is 21.2. The van der Waals surface area contributed by atoms with Crippen molar-refractivity contribution in [3.05, 3.63) is 94.5 Å². The first kappa shape index (κ1) is 26.2. The van der Waals surface area contributed by atoms with Crippen LogP contribution in [0.25, 0.3) is 0 Å². The summed E-state index contributed by atoms with van der Waals surface area (Å²) >= 11 is 6.34. The quantitative estimate of drug-likeness (QED) is 0.361. The Balaban J connectivity index is 1.64. The second-order valence-corrected chi connectivity index (χ2v) is 9.26. The molecule has 0 bridgehead atoms. The maximum atomic E-state index is 13.7. The number of hydrogen-bond acceptors (Lipinski definition) is 5. The number of urea groups is 1. The van der Waals surface area contributed by atoms with Gasteiger partial charge in [-0.25, -0.2) is 9.69 Å². The highest BCUT2D eigenvalue weighted by Crippen LogP contribution is 2.32. The third-order valence-electron chi connectivity index (χ3n) is 6.27. The number of ether oxygens (including phenoxy) is 1. The van der Waals surface area contributed by atoms with Crippen LogP contribution in [0, 0.1) is 6.92 Å². The van der Waals surface area contributed by atoms with Crippen molar-refractivity contribution in [3.63, 3.8) is 0 Å². The molecule has 1 fully saturated rings. The van der Waals surface area contributed by atoms with Crippen LogP contribution in [0.4, 0.5) is 10.5 Å². The van der Waals surface area contributed by atoms with Gasteiger partial charge in [-0.05, 0) is 47.9 Å². The van der Waals surface area contributed by atoms with Crippen molar-refractivity contribution in [2.75, 3.05) is 18.5 Å². The number of nitrogens with one attached hydrogen (secondary N) is 2. The number of rotatable bonds is 9. The highest BCUT2D eigenvalue weighted by Gasteiger charge is 2.47. The van der Waals surface area contributed by atoms with Gasteiger partial charge in [-0.1, -0.05) is 67.1 Å². The lowest BCUT2D eigenvalue weighted by atomic mass is 9.91. The normalized spacial score (nSPS) is 16.8. The predicted octanol–water partition coefficient (Wildman–Crippen LogP) is 4.42. The zero-order valence-electron chi connectivity index (χ0n) is 20.5. The van der Waals surface area contributed by atoms with Crippen molar-refractivity contribution in [2.24, 2.45) is 0 Å². The molecule has 0 aliphatic carbocycles. The summed E-state index contributed by atoms with van der Waals surface area (Å²) in [7, 11) is 0. The van der Waals surface area contributed by atoms with E-state index in [0.717, 1.165) is 16.0 Å². The molecular weight excluding hydrogens is 494 g/mol. The average Bonchev–Trinajstić information content (AvgIpc) is 3.19. The minimum absolute atomic E-state index is 0.120. The summed E-state index contributed by atoms with van der Waals surface area (Å²) in [4.78, 5) is 41.4. The van der Waals surface area contributed by atoms with Crippen molar-refractivity contribution >= 4 is 35.1 Å². The second kappa shape index (κ2) is 11.5. The Morgan fingerprint density at radius 2 is 1.81 bits per heavy atom. The van der Waals surface area contributed by atoms with Gasteiger partial charge in [-0.2, -0.15) is 0 Å². The minimum atomic E-state index is -1.13. The Morgan fingerprint density at radius 1 is 1.11 bits per heavy atom. The third-order valence-corrected chi connectivity index (χ3v) is 6.59. The van der Waals surface area contributed by atoms with E-state index in [-0.39, 0.29) is 13.2 Å². The lowest BCUT2D eigenvalue weighted by molar-refractivity contribution is -0.134. The number of anilines is 1. The molecule has 37 heavy (non-hydrogen) atoms. The van der Waals surface area contributed by atoms with Crippen LogP contribution >= 0.6 is 11.6 Å². The van der Waals surface area contributed by atoms with Crippen LogP contribution in [0.5, 0.6) is 5.75 Å². The molecule has 4 amide bonds. The molecule has 0 radical (unpaired) electrons. The molecule has 0 aromatic heterocycles. The van der Waals surface area contributed by atoms with Gasteiger partial charge in [0.1, 0.15) is 24.4 Å². The predicted molar refractivity (Wildman–Crippen MR) is 141 cm³/mol. The summed E-state index contributed by atoms with van der Waals surface area (Å²) in [6.07, 6.45) is 0. The maximum absolute atomic E-state index is 13.7. The number of carbonyl (C=O) groups is 3. The van der Waals surface area contributed by atoms with Crippen molar-refractivity contribution in [2.45, 2.75) is 31.8 Å². The first-order valence-electron chi connectivity index (χ1n) is 11.9. The minimum Gasteiger partial charge on any atom is -0.491 e. The smallest absolute Gasteiger partial charge is 0.325 e. The van der Waals surface area contributed by atoms with E-state index < -0.39 is 35.8 Å². The molecule has 1 saturated heterocycles. The van der Waals surface area contributed by atoms with Gasteiger partial charge in [0, 0.05) is 5.92 Å². The zero-order chi connectivity index (χ0) is 26.5. The van der Waals surface area contributed by atoms with Crippen molar-refractivity contribution in [1.29, 1.82) is 0 Å². The molecule has 1 aliphatic heterocycles. The average molecular weight is 522 g/mol. The molecule has 0 saturated carbocycles. The molecule has 3 unspecified atom stereocenters. The van der Waals surface area contributed by atoms with Crippen LogP contribution < -0.4 is 15.4 Å². The second-order valence-electron chi connectivity index (χ2n) is 8.85. The Hall–Kier alpha value is -3.88. The Bertz CT molecular complexity index is 1280. The van der Waals surface area contributed by atoms with Gasteiger partial charge in [-0.15, -0.1) is 0 Å². The number of halogens is 1. The molecule has 3 aromatic carbocycles. The number of aryl methyl sites for hydroxylation is 1. The number of aliphatic hydroxyl groups excluding tert-OH is 1. The first-order chi connectivity index (χ1) is 17.8. The van der Waals surface area contributed by atoms with E-state index in [9.17, 15) is 14.4 Å². The Labute approximate surface area is 220 Å². The standard InChI is InChI=1S/C28H28ClN3O5/c1-17-8-13-23(22(29)16-17)30-26(34)25(18(2)19-6-4-3-5-7-19)32-27(35)24(31-28(32)36)20-9-11-21(12-10-20)37-15-14-33/h3-13,16,18,24-25,33H,14-15H2,1-2H3,(H,30,34)(H,31,36). The van der Waals surface area contributed by atoms with Crippen LogP contribution in [-0.4, -0.2) is 47.1 Å². The monoisotopic (exact) mass is 521 g/mol. The van der Waals surface area contributed by atoms with Gasteiger partial charge in [0.2, 0.25) is 5.91 Å². The largest absolute Gasteiger partial charge is 0.491 e. The molecular formula is C28H28ClN3O5. The number of nitrogens with zero attached hydrogens (tertiary/aromatic N) is 1. The van der Waals surface area contributed by atoms with Crippen LogP contribution in [0.3, 0.4) is 0 Å².